The number of ether oxygens (including phenoxy) is 2. The Morgan fingerprint density at radius 3 is 2.70 bits per heavy atom. The lowest BCUT2D eigenvalue weighted by Crippen LogP contribution is -2.40. The smallest absolute Gasteiger partial charge is 0.253 e. The summed E-state index contributed by atoms with van der Waals surface area (Å²) in [6.07, 6.45) is 1.11. The number of rotatable bonds is 4. The van der Waals surface area contributed by atoms with E-state index in [4.69, 9.17) is 9.47 Å². The molecule has 2 fully saturated rings. The molecule has 1 N–H and O–H groups in total. The first-order valence-corrected chi connectivity index (χ1v) is 9.12. The van der Waals surface area contributed by atoms with Gasteiger partial charge in [0, 0.05) is 25.4 Å². The van der Waals surface area contributed by atoms with Crippen molar-refractivity contribution in [1.29, 1.82) is 0 Å². The molecule has 1 aromatic carbocycles. The molecular formula is C15H20N2O5S. The maximum absolute atomic E-state index is 12.6. The van der Waals surface area contributed by atoms with Gasteiger partial charge in [0.05, 0.1) is 18.1 Å². The molecule has 126 valence electrons. The molecule has 1 atom stereocenters. The molecule has 2 aliphatic rings. The second kappa shape index (κ2) is 6.96. The minimum absolute atomic E-state index is 0.171. The number of morpholine rings is 1. The lowest BCUT2D eigenvalue weighted by molar-refractivity contribution is -0.124. The molecule has 0 bridgehead atoms. The van der Waals surface area contributed by atoms with Crippen molar-refractivity contribution in [3.05, 3.63) is 24.3 Å². The predicted molar refractivity (Wildman–Crippen MR) is 83.6 cm³/mol. The number of carbonyl (C=O) groups excluding carboxylic acids is 1. The molecule has 2 heterocycles. The van der Waals surface area contributed by atoms with Gasteiger partial charge >= 0.3 is 0 Å². The van der Waals surface area contributed by atoms with Crippen LogP contribution in [-0.4, -0.2) is 57.6 Å². The zero-order chi connectivity index (χ0) is 16.3. The van der Waals surface area contributed by atoms with Gasteiger partial charge in [-0.05, 0) is 31.0 Å². The summed E-state index contributed by atoms with van der Waals surface area (Å²) in [4.78, 5) is 12.2. The number of nitrogens with one attached hydrogen (secondary N) is 1. The van der Waals surface area contributed by atoms with Gasteiger partial charge < -0.3 is 14.8 Å². The molecule has 0 aliphatic carbocycles. The molecule has 0 saturated carbocycles. The summed E-state index contributed by atoms with van der Waals surface area (Å²) in [5.41, 5.74) is 0.458. The Balaban J connectivity index is 1.75. The summed E-state index contributed by atoms with van der Waals surface area (Å²) in [6.45, 7) is 2.07. The van der Waals surface area contributed by atoms with Crippen LogP contribution in [0.2, 0.25) is 0 Å². The van der Waals surface area contributed by atoms with Gasteiger partial charge in [-0.15, -0.1) is 0 Å². The second-order valence-corrected chi connectivity index (χ2v) is 7.47. The van der Waals surface area contributed by atoms with Crippen LogP contribution in [0.4, 0.5) is 5.69 Å². The minimum atomic E-state index is -3.57. The van der Waals surface area contributed by atoms with Crippen LogP contribution in [0.1, 0.15) is 12.8 Å². The molecule has 2 saturated heterocycles. The average molecular weight is 340 g/mol. The summed E-state index contributed by atoms with van der Waals surface area (Å²) >= 11 is 0. The fourth-order valence-electron chi connectivity index (χ4n) is 2.68. The maximum Gasteiger partial charge on any atom is 0.253 e. The molecule has 1 aromatic rings. The van der Waals surface area contributed by atoms with Crippen molar-refractivity contribution >= 4 is 21.6 Å². The van der Waals surface area contributed by atoms with Crippen LogP contribution in [0.25, 0.3) is 0 Å². The predicted octanol–water partition coefficient (Wildman–Crippen LogP) is 0.825. The SMILES string of the molecule is O=C(Nc1cccc(S(=O)(=O)N2CCOCC2)c1)[C@@H]1CCCO1. The van der Waals surface area contributed by atoms with Crippen LogP contribution in [0, 0.1) is 0 Å². The van der Waals surface area contributed by atoms with Gasteiger partial charge in [0.1, 0.15) is 6.10 Å². The minimum Gasteiger partial charge on any atom is -0.379 e. The molecule has 0 aromatic heterocycles. The fraction of sp³-hybridized carbons (Fsp3) is 0.533. The largest absolute Gasteiger partial charge is 0.379 e. The van der Waals surface area contributed by atoms with Gasteiger partial charge in [-0.2, -0.15) is 4.31 Å². The number of hydrogen-bond donors (Lipinski definition) is 1. The van der Waals surface area contributed by atoms with E-state index in [-0.39, 0.29) is 10.8 Å². The van der Waals surface area contributed by atoms with Crippen LogP contribution >= 0.6 is 0 Å². The maximum atomic E-state index is 12.6. The van der Waals surface area contributed by atoms with E-state index >= 15 is 0 Å². The standard InChI is InChI=1S/C15H20N2O5S/c18-15(14-5-2-8-22-14)16-12-3-1-4-13(11-12)23(19,20)17-6-9-21-10-7-17/h1,3-4,11,14H,2,5-10H2,(H,16,18)/t14-/m0/s1. The van der Waals surface area contributed by atoms with Crippen LogP contribution in [0.3, 0.4) is 0 Å². The molecule has 8 heteroatoms. The van der Waals surface area contributed by atoms with E-state index in [1.165, 1.54) is 16.4 Å². The molecule has 3 rings (SSSR count). The van der Waals surface area contributed by atoms with Gasteiger partial charge in [-0.1, -0.05) is 6.07 Å². The van der Waals surface area contributed by atoms with E-state index < -0.39 is 16.1 Å². The van der Waals surface area contributed by atoms with Crippen LogP contribution in [0.5, 0.6) is 0 Å². The van der Waals surface area contributed by atoms with Crippen molar-refractivity contribution in [3.63, 3.8) is 0 Å². The van der Waals surface area contributed by atoms with E-state index in [1.54, 1.807) is 12.1 Å². The van der Waals surface area contributed by atoms with Gasteiger partial charge in [-0.3, -0.25) is 4.79 Å². The van der Waals surface area contributed by atoms with Crippen LogP contribution in [-0.2, 0) is 24.3 Å². The zero-order valence-electron chi connectivity index (χ0n) is 12.7. The van der Waals surface area contributed by atoms with E-state index in [0.717, 1.165) is 6.42 Å². The van der Waals surface area contributed by atoms with Crippen molar-refractivity contribution in [3.8, 4) is 0 Å². The van der Waals surface area contributed by atoms with Gasteiger partial charge in [0.15, 0.2) is 0 Å². The Kier molecular flexibility index (Phi) is 4.96. The average Bonchev–Trinajstić information content (AvgIpc) is 3.10. The van der Waals surface area contributed by atoms with Gasteiger partial charge in [-0.25, -0.2) is 8.42 Å². The first kappa shape index (κ1) is 16.4. The van der Waals surface area contributed by atoms with E-state index in [0.29, 0.717) is 45.0 Å². The Labute approximate surface area is 135 Å². The summed E-state index contributed by atoms with van der Waals surface area (Å²) in [6, 6.07) is 6.31. The van der Waals surface area contributed by atoms with Crippen molar-refractivity contribution in [2.75, 3.05) is 38.2 Å². The number of sulfonamides is 1. The molecule has 0 spiro atoms. The van der Waals surface area contributed by atoms with E-state index in [2.05, 4.69) is 5.32 Å². The van der Waals surface area contributed by atoms with Crippen molar-refractivity contribution < 1.29 is 22.7 Å². The second-order valence-electron chi connectivity index (χ2n) is 5.54. The van der Waals surface area contributed by atoms with Crippen molar-refractivity contribution in [2.24, 2.45) is 0 Å². The topological polar surface area (TPSA) is 84.9 Å². The summed E-state index contributed by atoms with van der Waals surface area (Å²) < 4.78 is 37.1. The zero-order valence-corrected chi connectivity index (χ0v) is 13.5. The molecule has 0 unspecified atom stereocenters. The summed E-state index contributed by atoms with van der Waals surface area (Å²) in [5.74, 6) is -0.233. The Bertz CT molecular complexity index is 664. The Hall–Kier alpha value is -1.48. The summed E-state index contributed by atoms with van der Waals surface area (Å²) in [7, 11) is -3.57. The molecule has 7 nitrogen and oxygen atoms in total. The molecular weight excluding hydrogens is 320 g/mol. The lowest BCUT2D eigenvalue weighted by Gasteiger charge is -2.26. The third-order valence-corrected chi connectivity index (χ3v) is 5.83. The quantitative estimate of drug-likeness (QED) is 0.877. The number of amides is 1. The Morgan fingerprint density at radius 2 is 2.00 bits per heavy atom. The molecule has 1 amide bonds. The first-order valence-electron chi connectivity index (χ1n) is 7.68. The van der Waals surface area contributed by atoms with Gasteiger partial charge in [0.25, 0.3) is 5.91 Å². The Morgan fingerprint density at radius 1 is 1.22 bits per heavy atom. The molecule has 2 aliphatic heterocycles. The monoisotopic (exact) mass is 340 g/mol. The highest BCUT2D eigenvalue weighted by atomic mass is 32.2. The van der Waals surface area contributed by atoms with E-state index in [9.17, 15) is 13.2 Å². The van der Waals surface area contributed by atoms with Crippen LogP contribution < -0.4 is 5.32 Å². The number of hydrogen-bond acceptors (Lipinski definition) is 5. The van der Waals surface area contributed by atoms with Crippen molar-refractivity contribution in [1.82, 2.24) is 4.31 Å². The first-order chi connectivity index (χ1) is 11.1. The van der Waals surface area contributed by atoms with E-state index in [1.807, 2.05) is 0 Å². The highest BCUT2D eigenvalue weighted by Crippen LogP contribution is 2.21. The number of carbonyl (C=O) groups is 1. The summed E-state index contributed by atoms with van der Waals surface area (Å²) in [5, 5.41) is 2.73. The van der Waals surface area contributed by atoms with Crippen LogP contribution in [0.15, 0.2) is 29.2 Å². The number of nitrogens with zero attached hydrogens (tertiary/aromatic N) is 1. The highest BCUT2D eigenvalue weighted by Gasteiger charge is 2.27. The van der Waals surface area contributed by atoms with Gasteiger partial charge in [0.2, 0.25) is 10.0 Å². The number of benzene rings is 1. The highest BCUT2D eigenvalue weighted by molar-refractivity contribution is 7.89. The number of anilines is 1. The fourth-order valence-corrected chi connectivity index (χ4v) is 4.13. The lowest BCUT2D eigenvalue weighted by atomic mass is 10.2. The molecule has 0 radical (unpaired) electrons. The molecule has 23 heavy (non-hydrogen) atoms. The third kappa shape index (κ3) is 3.72. The normalized spacial score (nSPS) is 22.9. The third-order valence-electron chi connectivity index (χ3n) is 3.93. The van der Waals surface area contributed by atoms with Crippen molar-refractivity contribution in [2.45, 2.75) is 23.8 Å².